The number of carbonyl (C=O) groups excluding carboxylic acids is 2. The van der Waals surface area contributed by atoms with Crippen molar-refractivity contribution in [1.29, 1.82) is 0 Å². The van der Waals surface area contributed by atoms with Crippen molar-refractivity contribution in [2.75, 3.05) is 24.6 Å². The Bertz CT molecular complexity index is 661. The highest BCUT2D eigenvalue weighted by molar-refractivity contribution is 8.76. The molecular weight excluding hydrogens is 411 g/mol. The molecule has 0 bridgehead atoms. The van der Waals surface area contributed by atoms with Crippen LogP contribution in [-0.4, -0.2) is 36.4 Å². The van der Waals surface area contributed by atoms with E-state index in [0.717, 1.165) is 11.5 Å². The van der Waals surface area contributed by atoms with Crippen molar-refractivity contribution in [3.8, 4) is 0 Å². The van der Waals surface area contributed by atoms with Crippen molar-refractivity contribution in [2.24, 2.45) is 0 Å². The zero-order valence-electron chi connectivity index (χ0n) is 13.8. The molecule has 0 saturated heterocycles. The zero-order valence-corrected chi connectivity index (χ0v) is 17.0. The summed E-state index contributed by atoms with van der Waals surface area (Å²) in [5.74, 6) is 1.36. The van der Waals surface area contributed by atoms with Crippen molar-refractivity contribution in [3.05, 3.63) is 69.7 Å². The first-order valence-electron chi connectivity index (χ1n) is 7.88. The molecule has 2 rings (SSSR count). The van der Waals surface area contributed by atoms with E-state index in [1.54, 1.807) is 70.1 Å². The number of carbonyl (C=O) groups is 2. The van der Waals surface area contributed by atoms with Crippen molar-refractivity contribution < 1.29 is 9.59 Å². The standard InChI is InChI=1S/C18H18Cl2N2O2S2/c19-15-5-1-13(2-6-15)17(23)21-9-11-25-26-12-10-22-18(24)14-3-7-16(20)8-4-14/h1-8H,9-12H2,(H,21,23)(H,22,24). The van der Waals surface area contributed by atoms with Crippen LogP contribution in [0.5, 0.6) is 0 Å². The Morgan fingerprint density at radius 1 is 0.692 bits per heavy atom. The summed E-state index contributed by atoms with van der Waals surface area (Å²) in [4.78, 5) is 23.8. The lowest BCUT2D eigenvalue weighted by Crippen LogP contribution is -2.26. The highest BCUT2D eigenvalue weighted by Gasteiger charge is 2.05. The monoisotopic (exact) mass is 428 g/mol. The number of hydrogen-bond donors (Lipinski definition) is 2. The number of rotatable bonds is 9. The molecule has 0 aliphatic heterocycles. The summed E-state index contributed by atoms with van der Waals surface area (Å²) in [5.41, 5.74) is 1.19. The van der Waals surface area contributed by atoms with Crippen LogP contribution in [0.3, 0.4) is 0 Å². The number of benzene rings is 2. The van der Waals surface area contributed by atoms with Gasteiger partial charge in [-0.15, -0.1) is 0 Å². The Morgan fingerprint density at radius 3 is 1.38 bits per heavy atom. The summed E-state index contributed by atoms with van der Waals surface area (Å²) < 4.78 is 0. The fourth-order valence-electron chi connectivity index (χ4n) is 1.94. The molecule has 0 spiro atoms. The van der Waals surface area contributed by atoms with E-state index in [1.165, 1.54) is 0 Å². The molecule has 138 valence electrons. The lowest BCUT2D eigenvalue weighted by molar-refractivity contribution is 0.0948. The van der Waals surface area contributed by atoms with Gasteiger partial charge in [0.2, 0.25) is 0 Å². The van der Waals surface area contributed by atoms with Gasteiger partial charge in [0.05, 0.1) is 0 Å². The van der Waals surface area contributed by atoms with E-state index in [4.69, 9.17) is 23.2 Å². The van der Waals surface area contributed by atoms with E-state index >= 15 is 0 Å². The SMILES string of the molecule is O=C(NCCSSCCNC(=O)c1ccc(Cl)cc1)c1ccc(Cl)cc1. The second kappa shape index (κ2) is 11.4. The molecule has 0 atom stereocenters. The quantitative estimate of drug-likeness (QED) is 0.454. The molecule has 0 radical (unpaired) electrons. The minimum Gasteiger partial charge on any atom is -0.351 e. The Hall–Kier alpha value is -1.34. The molecule has 0 aliphatic rings. The number of hydrogen-bond acceptors (Lipinski definition) is 4. The molecule has 0 fully saturated rings. The third-order valence-electron chi connectivity index (χ3n) is 3.24. The Balaban J connectivity index is 1.51. The molecule has 0 aromatic heterocycles. The normalized spacial score (nSPS) is 10.4. The molecule has 2 aromatic rings. The van der Waals surface area contributed by atoms with E-state index < -0.39 is 0 Å². The van der Waals surface area contributed by atoms with E-state index in [-0.39, 0.29) is 11.8 Å². The third-order valence-corrected chi connectivity index (χ3v) is 6.15. The first kappa shape index (κ1) is 21.0. The second-order valence-corrected chi connectivity index (χ2v) is 8.74. The van der Waals surface area contributed by atoms with Crippen LogP contribution in [0.1, 0.15) is 20.7 Å². The average molecular weight is 429 g/mol. The molecule has 0 aliphatic carbocycles. The molecular formula is C18H18Cl2N2O2S2. The van der Waals surface area contributed by atoms with Gasteiger partial charge in [0.1, 0.15) is 0 Å². The summed E-state index contributed by atoms with van der Waals surface area (Å²) in [6.07, 6.45) is 0. The largest absolute Gasteiger partial charge is 0.351 e. The van der Waals surface area contributed by atoms with Gasteiger partial charge in [-0.3, -0.25) is 9.59 Å². The van der Waals surface area contributed by atoms with Crippen LogP contribution in [0.2, 0.25) is 10.0 Å². The smallest absolute Gasteiger partial charge is 0.251 e. The van der Waals surface area contributed by atoms with Crippen LogP contribution in [-0.2, 0) is 0 Å². The van der Waals surface area contributed by atoms with Crippen LogP contribution >= 0.6 is 44.8 Å². The maximum Gasteiger partial charge on any atom is 0.251 e. The van der Waals surface area contributed by atoms with E-state index in [1.807, 2.05) is 0 Å². The Labute approximate surface area is 170 Å². The summed E-state index contributed by atoms with van der Waals surface area (Å²) in [6.45, 7) is 1.16. The highest BCUT2D eigenvalue weighted by Crippen LogP contribution is 2.19. The first-order valence-corrected chi connectivity index (χ1v) is 11.1. The van der Waals surface area contributed by atoms with E-state index in [2.05, 4.69) is 10.6 Å². The molecule has 2 N–H and O–H groups in total. The van der Waals surface area contributed by atoms with Crippen LogP contribution in [0.25, 0.3) is 0 Å². The molecule has 26 heavy (non-hydrogen) atoms. The van der Waals surface area contributed by atoms with E-state index in [9.17, 15) is 9.59 Å². The maximum absolute atomic E-state index is 11.9. The van der Waals surface area contributed by atoms with Gasteiger partial charge in [0, 0.05) is 45.8 Å². The van der Waals surface area contributed by atoms with Crippen LogP contribution < -0.4 is 10.6 Å². The second-order valence-electron chi connectivity index (χ2n) is 5.17. The highest BCUT2D eigenvalue weighted by atomic mass is 35.5. The first-order chi connectivity index (χ1) is 12.6. The Kier molecular flexibility index (Phi) is 9.18. The van der Waals surface area contributed by atoms with Crippen LogP contribution in [0.15, 0.2) is 48.5 Å². The van der Waals surface area contributed by atoms with Gasteiger partial charge in [0.15, 0.2) is 0 Å². The predicted molar refractivity (Wildman–Crippen MR) is 112 cm³/mol. The molecule has 0 unspecified atom stereocenters. The van der Waals surface area contributed by atoms with Crippen molar-refractivity contribution >= 4 is 56.6 Å². The summed E-state index contributed by atoms with van der Waals surface area (Å²) >= 11 is 11.6. The molecule has 2 amide bonds. The van der Waals surface area contributed by atoms with Crippen molar-refractivity contribution in [3.63, 3.8) is 0 Å². The molecule has 8 heteroatoms. The van der Waals surface area contributed by atoms with Gasteiger partial charge in [-0.25, -0.2) is 0 Å². The van der Waals surface area contributed by atoms with Gasteiger partial charge in [-0.05, 0) is 48.5 Å². The number of halogens is 2. The third kappa shape index (κ3) is 7.50. The minimum atomic E-state index is -0.109. The van der Waals surface area contributed by atoms with Crippen LogP contribution in [0, 0.1) is 0 Å². The maximum atomic E-state index is 11.9. The topological polar surface area (TPSA) is 58.2 Å². The predicted octanol–water partition coefficient (Wildman–Crippen LogP) is 4.53. The number of nitrogens with one attached hydrogen (secondary N) is 2. The molecule has 4 nitrogen and oxygen atoms in total. The lowest BCUT2D eigenvalue weighted by atomic mass is 10.2. The summed E-state index contributed by atoms with van der Waals surface area (Å²) in [6, 6.07) is 13.6. The van der Waals surface area contributed by atoms with E-state index in [0.29, 0.717) is 34.3 Å². The summed E-state index contributed by atoms with van der Waals surface area (Å²) in [5, 5.41) is 6.93. The van der Waals surface area contributed by atoms with Gasteiger partial charge in [0.25, 0.3) is 11.8 Å². The van der Waals surface area contributed by atoms with Gasteiger partial charge in [-0.2, -0.15) is 0 Å². The lowest BCUT2D eigenvalue weighted by Gasteiger charge is -2.06. The molecule has 0 saturated carbocycles. The van der Waals surface area contributed by atoms with Gasteiger partial charge >= 0.3 is 0 Å². The Morgan fingerprint density at radius 2 is 1.04 bits per heavy atom. The van der Waals surface area contributed by atoms with Gasteiger partial charge < -0.3 is 10.6 Å². The zero-order chi connectivity index (χ0) is 18.8. The minimum absolute atomic E-state index is 0.109. The van der Waals surface area contributed by atoms with Crippen molar-refractivity contribution in [1.82, 2.24) is 10.6 Å². The number of amides is 2. The summed E-state index contributed by atoms with van der Waals surface area (Å²) in [7, 11) is 3.31. The molecule has 2 aromatic carbocycles. The van der Waals surface area contributed by atoms with Gasteiger partial charge in [-0.1, -0.05) is 44.8 Å². The average Bonchev–Trinajstić information content (AvgIpc) is 2.64. The fourth-order valence-corrected chi connectivity index (χ4v) is 4.00. The van der Waals surface area contributed by atoms with Crippen LogP contribution in [0.4, 0.5) is 0 Å². The fraction of sp³-hybridized carbons (Fsp3) is 0.222. The molecule has 0 heterocycles. The van der Waals surface area contributed by atoms with Crippen molar-refractivity contribution in [2.45, 2.75) is 0 Å².